The van der Waals surface area contributed by atoms with Gasteiger partial charge in [0.05, 0.1) is 0 Å². The predicted molar refractivity (Wildman–Crippen MR) is 79.4 cm³/mol. The molecule has 19 heavy (non-hydrogen) atoms. The Kier molecular flexibility index (Phi) is 3.69. The van der Waals surface area contributed by atoms with Gasteiger partial charge in [-0.15, -0.1) is 5.73 Å². The van der Waals surface area contributed by atoms with Gasteiger partial charge in [0.25, 0.3) is 0 Å². The average Bonchev–Trinajstić information content (AvgIpc) is 2.56. The van der Waals surface area contributed by atoms with Crippen LogP contribution in [0.4, 0.5) is 0 Å². The molecule has 0 aliphatic heterocycles. The largest absolute Gasteiger partial charge is 0.289 e. The number of benzene rings is 1. The SMILES string of the molecule is CC1=C=CC(C(=O)c2cccc(C)c2C)=CC=C1C. The minimum Gasteiger partial charge on any atom is -0.289 e. The van der Waals surface area contributed by atoms with Crippen molar-refractivity contribution in [1.82, 2.24) is 0 Å². The molecule has 0 aromatic heterocycles. The van der Waals surface area contributed by atoms with Crippen molar-refractivity contribution in [3.05, 3.63) is 75.6 Å². The molecule has 1 aliphatic rings. The quantitative estimate of drug-likeness (QED) is 0.559. The second-order valence-corrected chi connectivity index (χ2v) is 4.96. The molecule has 0 unspecified atom stereocenters. The Morgan fingerprint density at radius 1 is 1.05 bits per heavy atom. The van der Waals surface area contributed by atoms with E-state index in [4.69, 9.17) is 0 Å². The van der Waals surface area contributed by atoms with Crippen LogP contribution in [-0.2, 0) is 0 Å². The van der Waals surface area contributed by atoms with Gasteiger partial charge in [-0.05, 0) is 56.0 Å². The van der Waals surface area contributed by atoms with Crippen LogP contribution in [0, 0.1) is 13.8 Å². The van der Waals surface area contributed by atoms with Crippen LogP contribution in [0.25, 0.3) is 0 Å². The molecule has 1 aromatic rings. The zero-order chi connectivity index (χ0) is 14.0. The van der Waals surface area contributed by atoms with Gasteiger partial charge in [0.1, 0.15) is 0 Å². The summed E-state index contributed by atoms with van der Waals surface area (Å²) in [7, 11) is 0. The van der Waals surface area contributed by atoms with Crippen LogP contribution in [-0.4, -0.2) is 5.78 Å². The summed E-state index contributed by atoms with van der Waals surface area (Å²) < 4.78 is 0. The summed E-state index contributed by atoms with van der Waals surface area (Å²) in [6.07, 6.45) is 5.64. The number of rotatable bonds is 2. The van der Waals surface area contributed by atoms with E-state index >= 15 is 0 Å². The highest BCUT2D eigenvalue weighted by Crippen LogP contribution is 2.19. The lowest BCUT2D eigenvalue weighted by atomic mass is 9.96. The van der Waals surface area contributed by atoms with E-state index in [1.165, 1.54) is 0 Å². The van der Waals surface area contributed by atoms with Gasteiger partial charge in [0, 0.05) is 11.1 Å². The maximum Gasteiger partial charge on any atom is 0.193 e. The first-order valence-corrected chi connectivity index (χ1v) is 6.44. The Balaban J connectivity index is 2.47. The fourth-order valence-corrected chi connectivity index (χ4v) is 1.98. The lowest BCUT2D eigenvalue weighted by Crippen LogP contribution is -2.04. The average molecular weight is 250 g/mol. The molecule has 1 heteroatoms. The Bertz CT molecular complexity index is 663. The van der Waals surface area contributed by atoms with Gasteiger partial charge in [-0.3, -0.25) is 4.79 Å². The van der Waals surface area contributed by atoms with E-state index in [9.17, 15) is 4.79 Å². The van der Waals surface area contributed by atoms with Crippen LogP contribution in [0.1, 0.15) is 35.3 Å². The Morgan fingerprint density at radius 3 is 2.53 bits per heavy atom. The molecule has 0 spiro atoms. The highest BCUT2D eigenvalue weighted by atomic mass is 16.1. The first-order valence-electron chi connectivity index (χ1n) is 6.44. The molecule has 1 aliphatic carbocycles. The highest BCUT2D eigenvalue weighted by molar-refractivity contribution is 6.11. The van der Waals surface area contributed by atoms with E-state index in [0.717, 1.165) is 27.8 Å². The van der Waals surface area contributed by atoms with E-state index in [-0.39, 0.29) is 5.78 Å². The molecule has 0 atom stereocenters. The molecule has 1 nitrogen and oxygen atoms in total. The molecule has 0 amide bonds. The summed E-state index contributed by atoms with van der Waals surface area (Å²) in [6, 6.07) is 5.84. The van der Waals surface area contributed by atoms with Gasteiger partial charge >= 0.3 is 0 Å². The molecule has 2 rings (SSSR count). The molecule has 0 fully saturated rings. The minimum atomic E-state index is 0.0625. The normalized spacial score (nSPS) is 14.4. The highest BCUT2D eigenvalue weighted by Gasteiger charge is 2.13. The van der Waals surface area contributed by atoms with Crippen LogP contribution in [0.3, 0.4) is 0 Å². The van der Waals surface area contributed by atoms with Gasteiger partial charge in [0.2, 0.25) is 0 Å². The zero-order valence-corrected chi connectivity index (χ0v) is 11.9. The van der Waals surface area contributed by atoms with Crippen molar-refractivity contribution in [1.29, 1.82) is 0 Å². The summed E-state index contributed by atoms with van der Waals surface area (Å²) in [5.41, 5.74) is 9.02. The smallest absolute Gasteiger partial charge is 0.193 e. The van der Waals surface area contributed by atoms with Crippen molar-refractivity contribution in [2.24, 2.45) is 0 Å². The predicted octanol–water partition coefficient (Wildman–Crippen LogP) is 4.47. The molecule has 96 valence electrons. The summed E-state index contributed by atoms with van der Waals surface area (Å²) in [5, 5.41) is 0. The summed E-state index contributed by atoms with van der Waals surface area (Å²) in [4.78, 5) is 12.6. The minimum absolute atomic E-state index is 0.0625. The van der Waals surface area contributed by atoms with E-state index < -0.39 is 0 Å². The molecule has 1 aromatic carbocycles. The van der Waals surface area contributed by atoms with Gasteiger partial charge in [-0.2, -0.15) is 0 Å². The number of carbonyl (C=O) groups excluding carboxylic acids is 1. The molecule has 0 N–H and O–H groups in total. The Labute approximate surface area is 114 Å². The zero-order valence-electron chi connectivity index (χ0n) is 11.9. The standard InChI is InChI=1S/C18H18O/c1-12-8-10-16(11-9-13(12)2)18(19)17-7-5-6-14(3)15(17)4/h5-8,10-11H,1-4H3. The van der Waals surface area contributed by atoms with Crippen LogP contribution < -0.4 is 0 Å². The van der Waals surface area contributed by atoms with Crippen molar-refractivity contribution < 1.29 is 4.79 Å². The number of hydrogen-bond donors (Lipinski definition) is 0. The van der Waals surface area contributed by atoms with Crippen molar-refractivity contribution in [3.8, 4) is 0 Å². The first kappa shape index (κ1) is 13.3. The maximum atomic E-state index is 12.6. The summed E-state index contributed by atoms with van der Waals surface area (Å²) in [5.74, 6) is 0.0625. The monoisotopic (exact) mass is 250 g/mol. The fraction of sp³-hybridized carbons (Fsp3) is 0.222. The number of carbonyl (C=O) groups is 1. The molecular formula is C18H18O. The van der Waals surface area contributed by atoms with E-state index in [1.54, 1.807) is 6.08 Å². The van der Waals surface area contributed by atoms with Crippen LogP contribution in [0.2, 0.25) is 0 Å². The van der Waals surface area contributed by atoms with E-state index in [0.29, 0.717) is 5.57 Å². The fourth-order valence-electron chi connectivity index (χ4n) is 1.98. The topological polar surface area (TPSA) is 17.1 Å². The third-order valence-corrected chi connectivity index (χ3v) is 3.66. The number of Topliss-reactive ketones (excluding diaryl/α,β-unsaturated/α-hetero) is 1. The molecule has 0 saturated heterocycles. The summed E-state index contributed by atoms with van der Waals surface area (Å²) >= 11 is 0. The van der Waals surface area contributed by atoms with Crippen LogP contribution >= 0.6 is 0 Å². The lowest BCUT2D eigenvalue weighted by molar-refractivity contribution is 0.103. The maximum absolute atomic E-state index is 12.6. The van der Waals surface area contributed by atoms with Crippen LogP contribution in [0.15, 0.2) is 58.9 Å². The molecule has 0 saturated carbocycles. The van der Waals surface area contributed by atoms with E-state index in [2.05, 4.69) is 5.73 Å². The molecule has 0 bridgehead atoms. The Morgan fingerprint density at radius 2 is 1.79 bits per heavy atom. The molecule has 0 heterocycles. The van der Waals surface area contributed by atoms with Crippen molar-refractivity contribution in [2.75, 3.05) is 0 Å². The third-order valence-electron chi connectivity index (χ3n) is 3.66. The number of allylic oxidation sites excluding steroid dienone is 5. The van der Waals surface area contributed by atoms with Crippen molar-refractivity contribution >= 4 is 5.78 Å². The third kappa shape index (κ3) is 2.67. The van der Waals surface area contributed by atoms with Crippen LogP contribution in [0.5, 0.6) is 0 Å². The lowest BCUT2D eigenvalue weighted by Gasteiger charge is -2.07. The Hall–Kier alpha value is -2.11. The first-order chi connectivity index (χ1) is 9.00. The van der Waals surface area contributed by atoms with Crippen molar-refractivity contribution in [2.45, 2.75) is 27.7 Å². The number of aryl methyl sites for hydroxylation is 1. The van der Waals surface area contributed by atoms with Gasteiger partial charge < -0.3 is 0 Å². The van der Waals surface area contributed by atoms with Crippen molar-refractivity contribution in [3.63, 3.8) is 0 Å². The van der Waals surface area contributed by atoms with Gasteiger partial charge in [-0.25, -0.2) is 0 Å². The number of ketones is 1. The molecule has 0 radical (unpaired) electrons. The van der Waals surface area contributed by atoms with Gasteiger partial charge in [0.15, 0.2) is 5.78 Å². The second kappa shape index (κ2) is 5.26. The van der Waals surface area contributed by atoms with E-state index in [1.807, 2.05) is 58.0 Å². The second-order valence-electron chi connectivity index (χ2n) is 4.96. The number of hydrogen-bond acceptors (Lipinski definition) is 1. The summed E-state index contributed by atoms with van der Waals surface area (Å²) in [6.45, 7) is 8.04. The van der Waals surface area contributed by atoms with Gasteiger partial charge in [-0.1, -0.05) is 30.4 Å². The molecular weight excluding hydrogens is 232 g/mol.